The third-order valence-electron chi connectivity index (χ3n) is 2.77. The highest BCUT2D eigenvalue weighted by Gasteiger charge is 2.06. The maximum absolute atomic E-state index is 13.9. The predicted octanol–water partition coefficient (Wildman–Crippen LogP) is 3.67. The molecule has 0 saturated carbocycles. The van der Waals surface area contributed by atoms with Crippen LogP contribution < -0.4 is 10.1 Å². The zero-order valence-electron chi connectivity index (χ0n) is 11.8. The van der Waals surface area contributed by atoms with Crippen molar-refractivity contribution in [2.24, 2.45) is 0 Å². The van der Waals surface area contributed by atoms with Gasteiger partial charge >= 0.3 is 0 Å². The Morgan fingerprint density at radius 2 is 2.25 bits per heavy atom. The second-order valence-corrected chi connectivity index (χ2v) is 5.56. The Morgan fingerprint density at radius 1 is 1.40 bits per heavy atom. The van der Waals surface area contributed by atoms with E-state index in [4.69, 9.17) is 4.74 Å². The molecule has 3 nitrogen and oxygen atoms in total. The number of hydrogen-bond acceptors (Lipinski definition) is 4. The van der Waals surface area contributed by atoms with Gasteiger partial charge in [-0.2, -0.15) is 0 Å². The number of ether oxygens (including phenoxy) is 1. The summed E-state index contributed by atoms with van der Waals surface area (Å²) in [5.41, 5.74) is 1.89. The van der Waals surface area contributed by atoms with E-state index >= 15 is 0 Å². The van der Waals surface area contributed by atoms with E-state index in [1.54, 1.807) is 6.07 Å². The summed E-state index contributed by atoms with van der Waals surface area (Å²) in [6, 6.07) is 5.08. The van der Waals surface area contributed by atoms with Crippen molar-refractivity contribution in [3.8, 4) is 5.75 Å². The first kappa shape index (κ1) is 14.9. The fourth-order valence-corrected chi connectivity index (χ4v) is 2.47. The molecule has 0 atom stereocenters. The fourth-order valence-electron chi connectivity index (χ4n) is 1.79. The molecule has 0 saturated heterocycles. The van der Waals surface area contributed by atoms with Gasteiger partial charge in [0.15, 0.2) is 11.6 Å². The number of benzene rings is 1. The number of nitrogens with one attached hydrogen (secondary N) is 1. The summed E-state index contributed by atoms with van der Waals surface area (Å²) in [5.74, 6) is -0.0498. The van der Waals surface area contributed by atoms with Gasteiger partial charge in [-0.05, 0) is 37.6 Å². The molecular formula is C15H19FN2OS. The number of rotatable bonds is 7. The van der Waals surface area contributed by atoms with Crippen molar-refractivity contribution in [3.63, 3.8) is 0 Å². The summed E-state index contributed by atoms with van der Waals surface area (Å²) in [4.78, 5) is 4.28. The lowest BCUT2D eigenvalue weighted by molar-refractivity contribution is 0.289. The molecule has 0 bridgehead atoms. The van der Waals surface area contributed by atoms with Crippen molar-refractivity contribution in [1.82, 2.24) is 10.3 Å². The SMILES string of the molecule is CCCNCc1ccc(OCc2nc(C)cs2)c(F)c1. The Kier molecular flexibility index (Phi) is 5.49. The number of halogens is 1. The highest BCUT2D eigenvalue weighted by Crippen LogP contribution is 2.20. The quantitative estimate of drug-likeness (QED) is 0.791. The highest BCUT2D eigenvalue weighted by atomic mass is 32.1. The Hall–Kier alpha value is -1.46. The molecule has 0 fully saturated rings. The molecule has 1 heterocycles. The lowest BCUT2D eigenvalue weighted by Gasteiger charge is -2.08. The first-order valence-electron chi connectivity index (χ1n) is 6.72. The van der Waals surface area contributed by atoms with Crippen LogP contribution in [0.5, 0.6) is 5.75 Å². The van der Waals surface area contributed by atoms with Gasteiger partial charge in [0.05, 0.1) is 0 Å². The standard InChI is InChI=1S/C15H19FN2OS/c1-3-6-17-8-12-4-5-14(13(16)7-12)19-9-15-18-11(2)10-20-15/h4-5,7,10,17H,3,6,8-9H2,1-2H3. The molecular weight excluding hydrogens is 275 g/mol. The Labute approximate surface area is 122 Å². The fraction of sp³-hybridized carbons (Fsp3) is 0.400. The molecule has 2 aromatic rings. The van der Waals surface area contributed by atoms with Gasteiger partial charge in [0.25, 0.3) is 0 Å². The predicted molar refractivity (Wildman–Crippen MR) is 79.6 cm³/mol. The van der Waals surface area contributed by atoms with Crippen LogP contribution in [0.3, 0.4) is 0 Å². The highest BCUT2D eigenvalue weighted by molar-refractivity contribution is 7.09. The van der Waals surface area contributed by atoms with Crippen molar-refractivity contribution >= 4 is 11.3 Å². The first-order chi connectivity index (χ1) is 9.69. The second-order valence-electron chi connectivity index (χ2n) is 4.61. The molecule has 0 unspecified atom stereocenters. The van der Waals surface area contributed by atoms with Gasteiger partial charge in [-0.25, -0.2) is 9.37 Å². The zero-order valence-corrected chi connectivity index (χ0v) is 12.6. The molecule has 0 aliphatic carbocycles. The average molecular weight is 294 g/mol. The van der Waals surface area contributed by atoms with Crippen LogP contribution in [0.2, 0.25) is 0 Å². The van der Waals surface area contributed by atoms with Gasteiger partial charge in [-0.1, -0.05) is 13.0 Å². The molecule has 0 aliphatic rings. The van der Waals surface area contributed by atoms with E-state index in [-0.39, 0.29) is 11.6 Å². The first-order valence-corrected chi connectivity index (χ1v) is 7.60. The van der Waals surface area contributed by atoms with Gasteiger partial charge < -0.3 is 10.1 Å². The monoisotopic (exact) mass is 294 g/mol. The zero-order chi connectivity index (χ0) is 14.4. The molecule has 1 aromatic carbocycles. The van der Waals surface area contributed by atoms with E-state index in [0.29, 0.717) is 13.2 Å². The van der Waals surface area contributed by atoms with Crippen LogP contribution in [0.1, 0.15) is 29.6 Å². The number of thiazole rings is 1. The van der Waals surface area contributed by atoms with Crippen LogP contribution in [0.15, 0.2) is 23.6 Å². The molecule has 1 aromatic heterocycles. The van der Waals surface area contributed by atoms with Crippen molar-refractivity contribution in [3.05, 3.63) is 45.7 Å². The Balaban J connectivity index is 1.92. The van der Waals surface area contributed by atoms with E-state index in [1.807, 2.05) is 18.4 Å². The molecule has 20 heavy (non-hydrogen) atoms. The molecule has 0 amide bonds. The van der Waals surface area contributed by atoms with Crippen LogP contribution in [0.4, 0.5) is 4.39 Å². The topological polar surface area (TPSA) is 34.1 Å². The molecule has 0 spiro atoms. The van der Waals surface area contributed by atoms with Crippen LogP contribution in [0.25, 0.3) is 0 Å². The molecule has 1 N–H and O–H groups in total. The number of aromatic nitrogens is 1. The van der Waals surface area contributed by atoms with Crippen LogP contribution in [-0.4, -0.2) is 11.5 Å². The van der Waals surface area contributed by atoms with Crippen molar-refractivity contribution in [1.29, 1.82) is 0 Å². The Morgan fingerprint density at radius 3 is 2.90 bits per heavy atom. The summed E-state index contributed by atoms with van der Waals surface area (Å²) in [7, 11) is 0. The van der Waals surface area contributed by atoms with Crippen molar-refractivity contribution in [2.45, 2.75) is 33.4 Å². The van der Waals surface area contributed by atoms with E-state index in [0.717, 1.165) is 29.2 Å². The number of hydrogen-bond donors (Lipinski definition) is 1. The largest absolute Gasteiger partial charge is 0.483 e. The van der Waals surface area contributed by atoms with Crippen LogP contribution >= 0.6 is 11.3 Å². The van der Waals surface area contributed by atoms with E-state index < -0.39 is 0 Å². The molecule has 108 valence electrons. The van der Waals surface area contributed by atoms with Gasteiger partial charge in [0.2, 0.25) is 0 Å². The van der Waals surface area contributed by atoms with Crippen molar-refractivity contribution in [2.75, 3.05) is 6.54 Å². The smallest absolute Gasteiger partial charge is 0.165 e. The molecule has 5 heteroatoms. The number of nitrogens with zero attached hydrogens (tertiary/aromatic N) is 1. The maximum atomic E-state index is 13.9. The summed E-state index contributed by atoms with van der Waals surface area (Å²) in [6.07, 6.45) is 1.07. The van der Waals surface area contributed by atoms with Gasteiger partial charge in [0, 0.05) is 17.6 Å². The third kappa shape index (κ3) is 4.28. The van der Waals surface area contributed by atoms with Crippen LogP contribution in [0, 0.1) is 12.7 Å². The molecule has 0 aliphatic heterocycles. The minimum Gasteiger partial charge on any atom is -0.483 e. The molecule has 2 rings (SSSR count). The normalized spacial score (nSPS) is 10.8. The summed E-state index contributed by atoms with van der Waals surface area (Å²) in [5, 5.41) is 6.06. The van der Waals surface area contributed by atoms with Gasteiger partial charge in [-0.15, -0.1) is 11.3 Å². The van der Waals surface area contributed by atoms with Crippen molar-refractivity contribution < 1.29 is 9.13 Å². The minimum atomic E-state index is -0.325. The van der Waals surface area contributed by atoms with Gasteiger partial charge in [-0.3, -0.25) is 0 Å². The Bertz CT molecular complexity index is 557. The van der Waals surface area contributed by atoms with Gasteiger partial charge in [0.1, 0.15) is 11.6 Å². The van der Waals surface area contributed by atoms with Crippen LogP contribution in [-0.2, 0) is 13.2 Å². The van der Waals surface area contributed by atoms with E-state index in [9.17, 15) is 4.39 Å². The third-order valence-corrected chi connectivity index (χ3v) is 3.71. The summed E-state index contributed by atoms with van der Waals surface area (Å²) < 4.78 is 19.4. The lowest BCUT2D eigenvalue weighted by atomic mass is 10.2. The summed E-state index contributed by atoms with van der Waals surface area (Å²) >= 11 is 1.52. The van der Waals surface area contributed by atoms with E-state index in [2.05, 4.69) is 17.2 Å². The summed E-state index contributed by atoms with van der Waals surface area (Å²) in [6.45, 7) is 5.95. The molecule has 0 radical (unpaired) electrons. The number of aryl methyl sites for hydroxylation is 1. The average Bonchev–Trinajstić information content (AvgIpc) is 2.84. The minimum absolute atomic E-state index is 0.275. The van der Waals surface area contributed by atoms with E-state index in [1.165, 1.54) is 17.4 Å². The second kappa shape index (κ2) is 7.36. The maximum Gasteiger partial charge on any atom is 0.165 e. The lowest BCUT2D eigenvalue weighted by Crippen LogP contribution is -2.13.